The van der Waals surface area contributed by atoms with Crippen LogP contribution in [0.2, 0.25) is 0 Å². The highest BCUT2D eigenvalue weighted by Gasteiger charge is 2.27. The number of nitrogens with two attached hydrogens (primary N) is 1. The number of phenols is 1. The molecule has 1 aromatic carbocycles. The molecule has 98 valence electrons. The van der Waals surface area contributed by atoms with E-state index >= 15 is 0 Å². The largest absolute Gasteiger partial charge is 0.508 e. The zero-order valence-electron chi connectivity index (χ0n) is 9.90. The lowest BCUT2D eigenvalue weighted by Crippen LogP contribution is -2.56. The third-order valence-corrected chi connectivity index (χ3v) is 3.10. The first-order chi connectivity index (χ1) is 8.58. The molecule has 1 saturated heterocycles. The van der Waals surface area contributed by atoms with Crippen molar-refractivity contribution in [2.24, 2.45) is 5.73 Å². The van der Waals surface area contributed by atoms with Crippen LogP contribution in [0.25, 0.3) is 0 Å². The second-order valence-electron chi connectivity index (χ2n) is 4.37. The van der Waals surface area contributed by atoms with Gasteiger partial charge in [-0.05, 0) is 18.2 Å². The van der Waals surface area contributed by atoms with E-state index in [-0.39, 0.29) is 5.75 Å². The van der Waals surface area contributed by atoms with E-state index in [2.05, 4.69) is 5.32 Å². The van der Waals surface area contributed by atoms with Crippen LogP contribution in [-0.4, -0.2) is 41.6 Å². The molecule has 1 heterocycles. The van der Waals surface area contributed by atoms with Gasteiger partial charge in [-0.1, -0.05) is 0 Å². The number of hydrogen-bond donors (Lipinski definition) is 3. The molecular formula is C12H16FN3O2. The molecule has 0 saturated carbocycles. The van der Waals surface area contributed by atoms with E-state index in [0.717, 1.165) is 6.54 Å². The summed E-state index contributed by atoms with van der Waals surface area (Å²) in [6.07, 6.45) is 0. The Kier molecular flexibility index (Phi) is 3.78. The van der Waals surface area contributed by atoms with Crippen molar-refractivity contribution in [3.63, 3.8) is 0 Å². The first-order valence-electron chi connectivity index (χ1n) is 5.79. The smallest absolute Gasteiger partial charge is 0.236 e. The number of carbonyl (C=O) groups excluding carboxylic acids is 1. The number of aromatic hydroxyl groups is 1. The third kappa shape index (κ3) is 2.77. The summed E-state index contributed by atoms with van der Waals surface area (Å²) in [6.45, 7) is 2.15. The number of phenolic OH excluding ortho intramolecular Hbond substituents is 1. The van der Waals surface area contributed by atoms with Crippen LogP contribution in [0.4, 0.5) is 4.39 Å². The number of amides is 1. The molecule has 5 nitrogen and oxygen atoms in total. The van der Waals surface area contributed by atoms with Crippen molar-refractivity contribution in [1.29, 1.82) is 0 Å². The summed E-state index contributed by atoms with van der Waals surface area (Å²) in [5.41, 5.74) is 5.78. The first-order valence-corrected chi connectivity index (χ1v) is 5.79. The monoisotopic (exact) mass is 253 g/mol. The summed E-state index contributed by atoms with van der Waals surface area (Å²) in [6, 6.07) is 3.35. The van der Waals surface area contributed by atoms with Gasteiger partial charge in [0.25, 0.3) is 0 Å². The lowest BCUT2D eigenvalue weighted by Gasteiger charge is -2.34. The number of nitrogens with one attached hydrogen (secondary N) is 1. The second kappa shape index (κ2) is 5.32. The lowest BCUT2D eigenvalue weighted by molar-refractivity contribution is -0.124. The van der Waals surface area contributed by atoms with Gasteiger partial charge in [0.1, 0.15) is 17.6 Å². The summed E-state index contributed by atoms with van der Waals surface area (Å²) in [5, 5.41) is 12.7. The van der Waals surface area contributed by atoms with Gasteiger partial charge in [0.2, 0.25) is 5.91 Å². The van der Waals surface area contributed by atoms with E-state index in [1.54, 1.807) is 0 Å². The normalized spacial score (nSPS) is 20.8. The van der Waals surface area contributed by atoms with Crippen LogP contribution in [0.1, 0.15) is 5.56 Å². The van der Waals surface area contributed by atoms with E-state index in [1.165, 1.54) is 18.2 Å². The molecule has 1 amide bonds. The molecule has 0 bridgehead atoms. The zero-order chi connectivity index (χ0) is 13.1. The van der Waals surface area contributed by atoms with E-state index in [9.17, 15) is 14.3 Å². The molecule has 4 N–H and O–H groups in total. The average molecular weight is 253 g/mol. The molecule has 1 atom stereocenters. The molecule has 2 rings (SSSR count). The molecule has 1 aromatic rings. The van der Waals surface area contributed by atoms with Crippen LogP contribution in [-0.2, 0) is 11.3 Å². The van der Waals surface area contributed by atoms with Gasteiger partial charge in [-0.25, -0.2) is 4.39 Å². The Labute approximate surface area is 104 Å². The van der Waals surface area contributed by atoms with Crippen LogP contribution in [0, 0.1) is 5.82 Å². The number of rotatable bonds is 3. The molecule has 0 spiro atoms. The van der Waals surface area contributed by atoms with Gasteiger partial charge < -0.3 is 16.2 Å². The van der Waals surface area contributed by atoms with Gasteiger partial charge in [0.05, 0.1) is 0 Å². The highest BCUT2D eigenvalue weighted by Crippen LogP contribution is 2.21. The minimum Gasteiger partial charge on any atom is -0.508 e. The highest BCUT2D eigenvalue weighted by molar-refractivity contribution is 5.80. The summed E-state index contributed by atoms with van der Waals surface area (Å²) in [4.78, 5) is 13.2. The maximum atomic E-state index is 13.1. The van der Waals surface area contributed by atoms with Crippen molar-refractivity contribution < 1.29 is 14.3 Å². The van der Waals surface area contributed by atoms with Gasteiger partial charge in [0.15, 0.2) is 0 Å². The first kappa shape index (κ1) is 12.8. The Balaban J connectivity index is 2.15. The van der Waals surface area contributed by atoms with Gasteiger partial charge in [-0.3, -0.25) is 9.69 Å². The number of halogens is 1. The predicted molar refractivity (Wildman–Crippen MR) is 64.3 cm³/mol. The molecular weight excluding hydrogens is 237 g/mol. The van der Waals surface area contributed by atoms with E-state index in [0.29, 0.717) is 25.2 Å². The fourth-order valence-corrected chi connectivity index (χ4v) is 2.12. The molecule has 1 fully saturated rings. The number of nitrogens with zero attached hydrogens (tertiary/aromatic N) is 1. The quantitative estimate of drug-likeness (QED) is 0.696. The minimum atomic E-state index is -0.429. The second-order valence-corrected chi connectivity index (χ2v) is 4.37. The van der Waals surface area contributed by atoms with Crippen LogP contribution in [0.15, 0.2) is 18.2 Å². The molecule has 0 radical (unpaired) electrons. The average Bonchev–Trinajstić information content (AvgIpc) is 2.34. The van der Waals surface area contributed by atoms with Crippen LogP contribution >= 0.6 is 0 Å². The van der Waals surface area contributed by atoms with Crippen LogP contribution in [0.5, 0.6) is 5.75 Å². The topological polar surface area (TPSA) is 78.6 Å². The van der Waals surface area contributed by atoms with Gasteiger partial charge >= 0.3 is 0 Å². The lowest BCUT2D eigenvalue weighted by atomic mass is 10.1. The van der Waals surface area contributed by atoms with Crippen molar-refractivity contribution in [3.8, 4) is 5.75 Å². The molecule has 1 unspecified atom stereocenters. The molecule has 18 heavy (non-hydrogen) atoms. The Hall–Kier alpha value is -1.66. The number of piperazine rings is 1. The van der Waals surface area contributed by atoms with Crippen molar-refractivity contribution in [1.82, 2.24) is 10.2 Å². The third-order valence-electron chi connectivity index (χ3n) is 3.10. The summed E-state index contributed by atoms with van der Waals surface area (Å²) >= 11 is 0. The number of primary amides is 1. The standard InChI is InChI=1S/C12H16FN3O2/c13-9-1-2-11(17)8(5-9)7-16-4-3-15-6-10(16)12(14)18/h1-2,5,10,15,17H,3-4,6-7H2,(H2,14,18). The van der Waals surface area contributed by atoms with Gasteiger partial charge in [0, 0.05) is 31.7 Å². The summed E-state index contributed by atoms with van der Waals surface area (Å²) < 4.78 is 13.1. The molecule has 0 aliphatic carbocycles. The van der Waals surface area contributed by atoms with Crippen LogP contribution < -0.4 is 11.1 Å². The maximum absolute atomic E-state index is 13.1. The molecule has 1 aliphatic rings. The molecule has 6 heteroatoms. The Morgan fingerprint density at radius 2 is 2.39 bits per heavy atom. The highest BCUT2D eigenvalue weighted by atomic mass is 19.1. The Morgan fingerprint density at radius 1 is 1.61 bits per heavy atom. The summed E-state index contributed by atoms with van der Waals surface area (Å²) in [5.74, 6) is -0.801. The van der Waals surface area contributed by atoms with Crippen molar-refractivity contribution in [2.45, 2.75) is 12.6 Å². The van der Waals surface area contributed by atoms with Crippen molar-refractivity contribution in [2.75, 3.05) is 19.6 Å². The maximum Gasteiger partial charge on any atom is 0.236 e. The fourth-order valence-electron chi connectivity index (χ4n) is 2.12. The fraction of sp³-hybridized carbons (Fsp3) is 0.417. The minimum absolute atomic E-state index is 0.0261. The zero-order valence-corrected chi connectivity index (χ0v) is 9.90. The van der Waals surface area contributed by atoms with E-state index < -0.39 is 17.8 Å². The van der Waals surface area contributed by atoms with Crippen molar-refractivity contribution >= 4 is 5.91 Å². The number of hydrogen-bond acceptors (Lipinski definition) is 4. The number of carbonyl (C=O) groups is 1. The van der Waals surface area contributed by atoms with Gasteiger partial charge in [-0.2, -0.15) is 0 Å². The van der Waals surface area contributed by atoms with E-state index in [1.807, 2.05) is 4.90 Å². The summed E-state index contributed by atoms with van der Waals surface area (Å²) in [7, 11) is 0. The van der Waals surface area contributed by atoms with Crippen LogP contribution in [0.3, 0.4) is 0 Å². The Morgan fingerprint density at radius 3 is 3.11 bits per heavy atom. The van der Waals surface area contributed by atoms with Crippen molar-refractivity contribution in [3.05, 3.63) is 29.6 Å². The number of benzene rings is 1. The van der Waals surface area contributed by atoms with E-state index in [4.69, 9.17) is 5.73 Å². The molecule has 1 aliphatic heterocycles. The molecule has 0 aromatic heterocycles. The SMILES string of the molecule is NC(=O)C1CNCCN1Cc1cc(F)ccc1O. The van der Waals surface area contributed by atoms with Gasteiger partial charge in [-0.15, -0.1) is 0 Å². The predicted octanol–water partition coefficient (Wildman–Crippen LogP) is -0.210. The Bertz CT molecular complexity index is 453.